The van der Waals surface area contributed by atoms with Gasteiger partial charge in [-0.2, -0.15) is 0 Å². The Bertz CT molecular complexity index is 410. The highest BCUT2D eigenvalue weighted by Gasteiger charge is 2.31. The summed E-state index contributed by atoms with van der Waals surface area (Å²) in [5.74, 6) is 0.279. The first-order valence-corrected chi connectivity index (χ1v) is 6.56. The minimum atomic E-state index is -0.987. The minimum absolute atomic E-state index is 0.128. The van der Waals surface area contributed by atoms with Crippen molar-refractivity contribution in [3.8, 4) is 5.75 Å². The zero-order valence-electron chi connectivity index (χ0n) is 12.1. The lowest BCUT2D eigenvalue weighted by atomic mass is 10.1. The van der Waals surface area contributed by atoms with Crippen LogP contribution in [0.4, 0.5) is 0 Å². The van der Waals surface area contributed by atoms with Crippen LogP contribution >= 0.6 is 0 Å². The number of nitrogens with two attached hydrogens (primary N) is 1. The van der Waals surface area contributed by atoms with Crippen molar-refractivity contribution in [2.45, 2.75) is 45.8 Å². The van der Waals surface area contributed by atoms with Crippen LogP contribution in [-0.4, -0.2) is 24.2 Å². The second kappa shape index (κ2) is 6.57. The molecule has 19 heavy (non-hydrogen) atoms. The third-order valence-electron chi connectivity index (χ3n) is 2.62. The molecule has 4 nitrogen and oxygen atoms in total. The molecule has 0 unspecified atom stereocenters. The second-order valence-corrected chi connectivity index (χ2v) is 5.16. The molecule has 106 valence electrons. The normalized spacial score (nSPS) is 12.9. The van der Waals surface area contributed by atoms with E-state index in [0.717, 1.165) is 12.0 Å². The van der Waals surface area contributed by atoms with Crippen LogP contribution in [0.3, 0.4) is 0 Å². The van der Waals surface area contributed by atoms with Crippen molar-refractivity contribution in [2.24, 2.45) is 5.73 Å². The first-order valence-electron chi connectivity index (χ1n) is 6.56. The molecule has 4 heteroatoms. The number of carbonyl (C=O) groups is 1. The maximum atomic E-state index is 11.7. The molecule has 0 bridgehead atoms. The second-order valence-electron chi connectivity index (χ2n) is 5.16. The Hall–Kier alpha value is -1.55. The number of esters is 1. The summed E-state index contributed by atoms with van der Waals surface area (Å²) in [6.45, 7) is 7.48. The zero-order valence-corrected chi connectivity index (χ0v) is 12.1. The first-order chi connectivity index (χ1) is 8.85. The standard InChI is InChI=1S/C15H23NO3/c1-5-18-14(17)15(3,4)19-13-8-6-12(7-9-13)10-11(2)16/h6-9,11H,5,10,16H2,1-4H3/t11-/m1/s1. The highest BCUT2D eigenvalue weighted by molar-refractivity contribution is 5.79. The molecule has 0 saturated heterocycles. The minimum Gasteiger partial charge on any atom is -0.476 e. The molecule has 0 heterocycles. The molecule has 1 rings (SSSR count). The van der Waals surface area contributed by atoms with Gasteiger partial charge >= 0.3 is 5.97 Å². The van der Waals surface area contributed by atoms with Crippen molar-refractivity contribution in [3.63, 3.8) is 0 Å². The zero-order chi connectivity index (χ0) is 14.5. The van der Waals surface area contributed by atoms with Gasteiger partial charge in [-0.1, -0.05) is 12.1 Å². The summed E-state index contributed by atoms with van der Waals surface area (Å²) in [4.78, 5) is 11.7. The van der Waals surface area contributed by atoms with E-state index in [1.54, 1.807) is 20.8 Å². The van der Waals surface area contributed by atoms with E-state index < -0.39 is 5.60 Å². The van der Waals surface area contributed by atoms with Gasteiger partial charge in [0.1, 0.15) is 5.75 Å². The number of benzene rings is 1. The van der Waals surface area contributed by atoms with Crippen LogP contribution in [0.25, 0.3) is 0 Å². The van der Waals surface area contributed by atoms with E-state index in [2.05, 4.69) is 0 Å². The Morgan fingerprint density at radius 3 is 2.37 bits per heavy atom. The highest BCUT2D eigenvalue weighted by Crippen LogP contribution is 2.20. The Morgan fingerprint density at radius 2 is 1.89 bits per heavy atom. The molecule has 1 aromatic carbocycles. The molecule has 0 fully saturated rings. The van der Waals surface area contributed by atoms with Crippen LogP contribution < -0.4 is 10.5 Å². The molecule has 0 spiro atoms. The average Bonchev–Trinajstić information content (AvgIpc) is 2.31. The SMILES string of the molecule is CCOC(=O)C(C)(C)Oc1ccc(C[C@@H](C)N)cc1. The summed E-state index contributed by atoms with van der Waals surface area (Å²) in [6, 6.07) is 7.74. The smallest absolute Gasteiger partial charge is 0.349 e. The molecule has 0 aliphatic carbocycles. The van der Waals surface area contributed by atoms with E-state index in [9.17, 15) is 4.79 Å². The molecule has 0 amide bonds. The van der Waals surface area contributed by atoms with Gasteiger partial charge in [0.2, 0.25) is 0 Å². The van der Waals surface area contributed by atoms with Gasteiger partial charge in [-0.3, -0.25) is 0 Å². The van der Waals surface area contributed by atoms with Gasteiger partial charge < -0.3 is 15.2 Å². The van der Waals surface area contributed by atoms with Crippen molar-refractivity contribution < 1.29 is 14.3 Å². The van der Waals surface area contributed by atoms with E-state index in [4.69, 9.17) is 15.2 Å². The summed E-state index contributed by atoms with van der Waals surface area (Å²) in [5.41, 5.74) is 5.91. The van der Waals surface area contributed by atoms with E-state index in [1.807, 2.05) is 31.2 Å². The number of hydrogen-bond donors (Lipinski definition) is 1. The number of ether oxygens (including phenoxy) is 2. The lowest BCUT2D eigenvalue weighted by molar-refractivity contribution is -0.158. The molecule has 1 atom stereocenters. The molecular formula is C15H23NO3. The van der Waals surface area contributed by atoms with Gasteiger partial charge in [-0.15, -0.1) is 0 Å². The van der Waals surface area contributed by atoms with Gasteiger partial charge in [0.15, 0.2) is 5.60 Å². The highest BCUT2D eigenvalue weighted by atomic mass is 16.6. The predicted octanol–water partition coefficient (Wildman–Crippen LogP) is 2.30. The summed E-state index contributed by atoms with van der Waals surface area (Å²) in [7, 11) is 0. The third-order valence-corrected chi connectivity index (χ3v) is 2.62. The maximum absolute atomic E-state index is 11.7. The van der Waals surface area contributed by atoms with Gasteiger partial charge in [-0.05, 0) is 51.8 Å². The van der Waals surface area contributed by atoms with Crippen molar-refractivity contribution in [1.29, 1.82) is 0 Å². The summed E-state index contributed by atoms with van der Waals surface area (Å²) < 4.78 is 10.6. The Labute approximate surface area is 114 Å². The van der Waals surface area contributed by atoms with Crippen molar-refractivity contribution in [1.82, 2.24) is 0 Å². The molecule has 1 aromatic rings. The summed E-state index contributed by atoms with van der Waals surface area (Å²) >= 11 is 0. The Kier molecular flexibility index (Phi) is 5.36. The topological polar surface area (TPSA) is 61.5 Å². The predicted molar refractivity (Wildman–Crippen MR) is 75.1 cm³/mol. The van der Waals surface area contributed by atoms with Crippen molar-refractivity contribution in [2.75, 3.05) is 6.61 Å². The lowest BCUT2D eigenvalue weighted by Gasteiger charge is -2.24. The molecule has 0 saturated carbocycles. The van der Waals surface area contributed by atoms with Gasteiger partial charge in [0, 0.05) is 6.04 Å². The largest absolute Gasteiger partial charge is 0.476 e. The van der Waals surface area contributed by atoms with Gasteiger partial charge in [-0.25, -0.2) is 4.79 Å². The lowest BCUT2D eigenvalue weighted by Crippen LogP contribution is -2.39. The van der Waals surface area contributed by atoms with E-state index in [-0.39, 0.29) is 12.0 Å². The first kappa shape index (κ1) is 15.5. The van der Waals surface area contributed by atoms with Gasteiger partial charge in [0.25, 0.3) is 0 Å². The molecular weight excluding hydrogens is 242 g/mol. The Morgan fingerprint density at radius 1 is 1.32 bits per heavy atom. The van der Waals surface area contributed by atoms with Crippen LogP contribution in [-0.2, 0) is 16.0 Å². The third kappa shape index (κ3) is 4.91. The van der Waals surface area contributed by atoms with Crippen molar-refractivity contribution in [3.05, 3.63) is 29.8 Å². The molecule has 0 radical (unpaired) electrons. The van der Waals surface area contributed by atoms with Gasteiger partial charge in [0.05, 0.1) is 6.61 Å². The number of hydrogen-bond acceptors (Lipinski definition) is 4. The van der Waals surface area contributed by atoms with E-state index in [1.165, 1.54) is 0 Å². The van der Waals surface area contributed by atoms with Crippen LogP contribution in [0.2, 0.25) is 0 Å². The fraction of sp³-hybridized carbons (Fsp3) is 0.533. The molecule has 0 aromatic heterocycles. The fourth-order valence-electron chi connectivity index (χ4n) is 1.71. The maximum Gasteiger partial charge on any atom is 0.349 e. The molecule has 0 aliphatic rings. The summed E-state index contributed by atoms with van der Waals surface area (Å²) in [6.07, 6.45) is 0.821. The fourth-order valence-corrected chi connectivity index (χ4v) is 1.71. The number of rotatable bonds is 6. The molecule has 0 aliphatic heterocycles. The van der Waals surface area contributed by atoms with Crippen LogP contribution in [0.15, 0.2) is 24.3 Å². The van der Waals surface area contributed by atoms with E-state index in [0.29, 0.717) is 12.4 Å². The van der Waals surface area contributed by atoms with Crippen LogP contribution in [0.5, 0.6) is 5.75 Å². The van der Waals surface area contributed by atoms with Crippen molar-refractivity contribution >= 4 is 5.97 Å². The molecule has 2 N–H and O–H groups in total. The Balaban J connectivity index is 2.69. The quantitative estimate of drug-likeness (QED) is 0.802. The summed E-state index contributed by atoms with van der Waals surface area (Å²) in [5, 5.41) is 0. The monoisotopic (exact) mass is 265 g/mol. The van der Waals surface area contributed by atoms with Crippen LogP contribution in [0, 0.1) is 0 Å². The van der Waals surface area contributed by atoms with E-state index >= 15 is 0 Å². The number of carbonyl (C=O) groups excluding carboxylic acids is 1. The average molecular weight is 265 g/mol. The van der Waals surface area contributed by atoms with Crippen LogP contribution in [0.1, 0.15) is 33.3 Å².